The number of ether oxygens (including phenoxy) is 1. The molecular formula is C24H27FN4O4S. The topological polar surface area (TPSA) is 97.5 Å². The van der Waals surface area contributed by atoms with Crippen molar-refractivity contribution >= 4 is 17.2 Å². The lowest BCUT2D eigenvalue weighted by atomic mass is 10.0. The summed E-state index contributed by atoms with van der Waals surface area (Å²) in [7, 11) is 1.63. The Kier molecular flexibility index (Phi) is 6.81. The number of aromatic nitrogens is 3. The van der Waals surface area contributed by atoms with E-state index in [0.717, 1.165) is 5.56 Å². The maximum atomic E-state index is 13.3. The first-order valence-electron chi connectivity index (χ1n) is 11.1. The number of benzene rings is 1. The Bertz CT molecular complexity index is 1250. The number of hydrogen-bond donors (Lipinski definition) is 1. The summed E-state index contributed by atoms with van der Waals surface area (Å²) < 4.78 is 20.2. The number of pyridine rings is 1. The second-order valence-corrected chi connectivity index (χ2v) is 9.83. The summed E-state index contributed by atoms with van der Waals surface area (Å²) in [5.74, 6) is -1.28. The molecule has 1 aromatic carbocycles. The first-order valence-corrected chi connectivity index (χ1v) is 11.9. The highest BCUT2D eigenvalue weighted by molar-refractivity contribution is 7.14. The van der Waals surface area contributed by atoms with Crippen molar-refractivity contribution in [1.29, 1.82) is 0 Å². The zero-order valence-corrected chi connectivity index (χ0v) is 20.3. The number of nitrogens with zero attached hydrogens (tertiary/aromatic N) is 4. The largest absolute Gasteiger partial charge is 0.503 e. The molecule has 0 unspecified atom stereocenters. The zero-order valence-electron chi connectivity index (χ0n) is 19.5. The Morgan fingerprint density at radius 2 is 1.91 bits per heavy atom. The van der Waals surface area contributed by atoms with Crippen LogP contribution in [0.25, 0.3) is 10.6 Å². The van der Waals surface area contributed by atoms with Gasteiger partial charge in [0.2, 0.25) is 5.43 Å². The highest BCUT2D eigenvalue weighted by Crippen LogP contribution is 2.31. The first-order chi connectivity index (χ1) is 16.2. The van der Waals surface area contributed by atoms with Gasteiger partial charge in [-0.05, 0) is 44.9 Å². The molecule has 0 aliphatic carbocycles. The van der Waals surface area contributed by atoms with Gasteiger partial charge in [0.05, 0.1) is 17.7 Å². The van der Waals surface area contributed by atoms with Crippen LogP contribution in [-0.2, 0) is 17.7 Å². The lowest BCUT2D eigenvalue weighted by Crippen LogP contribution is -2.53. The van der Waals surface area contributed by atoms with Crippen molar-refractivity contribution in [3.8, 4) is 16.3 Å². The summed E-state index contributed by atoms with van der Waals surface area (Å²) in [6.07, 6.45) is 2.57. The van der Waals surface area contributed by atoms with Gasteiger partial charge in [-0.3, -0.25) is 9.59 Å². The Labute approximate surface area is 200 Å². The fraction of sp³-hybridized carbons (Fsp3) is 0.417. The number of carbonyl (C=O) groups is 1. The van der Waals surface area contributed by atoms with E-state index in [0.29, 0.717) is 29.4 Å². The molecule has 0 saturated carbocycles. The van der Waals surface area contributed by atoms with Crippen LogP contribution in [-0.4, -0.2) is 56.0 Å². The Hall–Kier alpha value is -3.11. The lowest BCUT2D eigenvalue weighted by Gasteiger charge is -2.41. The summed E-state index contributed by atoms with van der Waals surface area (Å²) in [6.45, 7) is 6.17. The molecule has 10 heteroatoms. The maximum Gasteiger partial charge on any atom is 0.275 e. The standard InChI is InChI=1S/C24H27FN4O4S/c1-13(2)29-17(9-14(3)33-4)11-28-12-18(21(30)22(31)20(28)24(29)32)23-27-26-19(34-23)10-15-5-7-16(25)8-6-15/h5-8,12-14,17,31H,9-11H2,1-4H3/t14-,17-/m0/s1. The van der Waals surface area contributed by atoms with Gasteiger partial charge in [-0.25, -0.2) is 4.39 Å². The molecule has 4 rings (SSSR count). The molecule has 0 radical (unpaired) electrons. The number of carbonyl (C=O) groups excluding carboxylic acids is 1. The number of aromatic hydroxyl groups is 1. The van der Waals surface area contributed by atoms with E-state index in [1.165, 1.54) is 23.5 Å². The minimum absolute atomic E-state index is 0.0141. The van der Waals surface area contributed by atoms with Gasteiger partial charge in [0.15, 0.2) is 16.5 Å². The normalized spacial score (nSPS) is 16.7. The van der Waals surface area contributed by atoms with Crippen molar-refractivity contribution in [2.24, 2.45) is 0 Å². The summed E-state index contributed by atoms with van der Waals surface area (Å²) in [6, 6.07) is 5.83. The van der Waals surface area contributed by atoms with Gasteiger partial charge in [-0.15, -0.1) is 10.2 Å². The molecule has 2 aromatic heterocycles. The zero-order chi connectivity index (χ0) is 24.6. The van der Waals surface area contributed by atoms with Gasteiger partial charge in [-0.2, -0.15) is 0 Å². The summed E-state index contributed by atoms with van der Waals surface area (Å²) in [5.41, 5.74) is 0.383. The molecule has 1 aliphatic heterocycles. The molecule has 34 heavy (non-hydrogen) atoms. The molecule has 0 fully saturated rings. The van der Waals surface area contributed by atoms with E-state index in [4.69, 9.17) is 4.74 Å². The van der Waals surface area contributed by atoms with E-state index in [2.05, 4.69) is 10.2 Å². The Morgan fingerprint density at radius 1 is 1.21 bits per heavy atom. The summed E-state index contributed by atoms with van der Waals surface area (Å²) in [4.78, 5) is 28.0. The fourth-order valence-electron chi connectivity index (χ4n) is 4.31. The first kappa shape index (κ1) is 24.0. The van der Waals surface area contributed by atoms with Crippen LogP contribution in [0.2, 0.25) is 0 Å². The van der Waals surface area contributed by atoms with Gasteiger partial charge in [-0.1, -0.05) is 23.5 Å². The number of halogens is 1. The van der Waals surface area contributed by atoms with Crippen molar-refractivity contribution in [3.05, 3.63) is 62.8 Å². The minimum atomic E-state index is -0.656. The predicted molar refractivity (Wildman–Crippen MR) is 127 cm³/mol. The van der Waals surface area contributed by atoms with Crippen LogP contribution in [0.3, 0.4) is 0 Å². The molecule has 2 atom stereocenters. The molecule has 3 heterocycles. The molecule has 0 bridgehead atoms. The second kappa shape index (κ2) is 9.63. The van der Waals surface area contributed by atoms with Crippen molar-refractivity contribution in [2.45, 2.75) is 58.3 Å². The fourth-order valence-corrected chi connectivity index (χ4v) is 5.19. The van der Waals surface area contributed by atoms with Gasteiger partial charge >= 0.3 is 0 Å². The molecule has 1 amide bonds. The lowest BCUT2D eigenvalue weighted by molar-refractivity contribution is 0.0319. The van der Waals surface area contributed by atoms with E-state index < -0.39 is 11.2 Å². The van der Waals surface area contributed by atoms with Crippen LogP contribution in [0, 0.1) is 5.82 Å². The quantitative estimate of drug-likeness (QED) is 0.549. The van der Waals surface area contributed by atoms with Crippen LogP contribution in [0.1, 0.15) is 48.3 Å². The number of amides is 1. The van der Waals surface area contributed by atoms with Crippen LogP contribution in [0.4, 0.5) is 4.39 Å². The van der Waals surface area contributed by atoms with Crippen LogP contribution < -0.4 is 5.43 Å². The maximum absolute atomic E-state index is 13.3. The summed E-state index contributed by atoms with van der Waals surface area (Å²) >= 11 is 1.22. The van der Waals surface area contributed by atoms with Gasteiger partial charge in [0.1, 0.15) is 10.8 Å². The third kappa shape index (κ3) is 4.60. The number of fused-ring (bicyclic) bond motifs is 1. The molecule has 1 aliphatic rings. The van der Waals surface area contributed by atoms with E-state index in [9.17, 15) is 19.1 Å². The van der Waals surface area contributed by atoms with Crippen molar-refractivity contribution in [1.82, 2.24) is 19.7 Å². The van der Waals surface area contributed by atoms with Crippen molar-refractivity contribution in [3.63, 3.8) is 0 Å². The average Bonchev–Trinajstić information content (AvgIpc) is 3.25. The minimum Gasteiger partial charge on any atom is -0.503 e. The molecular weight excluding hydrogens is 459 g/mol. The number of hydrogen-bond acceptors (Lipinski definition) is 7. The SMILES string of the molecule is CO[C@@H](C)C[C@H]1Cn2cc(-c3nnc(Cc4ccc(F)cc4)s3)c(=O)c(O)c2C(=O)N1C(C)C. The van der Waals surface area contributed by atoms with Crippen molar-refractivity contribution < 1.29 is 19.0 Å². The van der Waals surface area contributed by atoms with Gasteiger partial charge < -0.3 is 19.3 Å². The molecule has 180 valence electrons. The Morgan fingerprint density at radius 3 is 2.56 bits per heavy atom. The molecule has 1 N–H and O–H groups in total. The van der Waals surface area contributed by atoms with Gasteiger partial charge in [0.25, 0.3) is 5.91 Å². The second-order valence-electron chi connectivity index (χ2n) is 8.77. The predicted octanol–water partition coefficient (Wildman–Crippen LogP) is 3.46. The van der Waals surface area contributed by atoms with E-state index in [1.807, 2.05) is 20.8 Å². The monoisotopic (exact) mass is 486 g/mol. The smallest absolute Gasteiger partial charge is 0.275 e. The highest BCUT2D eigenvalue weighted by atomic mass is 32.1. The Balaban J connectivity index is 1.70. The highest BCUT2D eigenvalue weighted by Gasteiger charge is 2.37. The van der Waals surface area contributed by atoms with Crippen LogP contribution in [0.5, 0.6) is 5.75 Å². The molecule has 0 spiro atoms. The van der Waals surface area contributed by atoms with Crippen LogP contribution in [0.15, 0.2) is 35.3 Å². The number of rotatable bonds is 7. The van der Waals surface area contributed by atoms with Crippen LogP contribution >= 0.6 is 11.3 Å². The van der Waals surface area contributed by atoms with Crippen molar-refractivity contribution in [2.75, 3.05) is 7.11 Å². The molecule has 3 aromatic rings. The average molecular weight is 487 g/mol. The van der Waals surface area contributed by atoms with E-state index >= 15 is 0 Å². The third-order valence-electron chi connectivity index (χ3n) is 6.02. The number of methoxy groups -OCH3 is 1. The molecule has 0 saturated heterocycles. The summed E-state index contributed by atoms with van der Waals surface area (Å²) in [5, 5.41) is 20.1. The third-order valence-corrected chi connectivity index (χ3v) is 6.98. The van der Waals surface area contributed by atoms with E-state index in [-0.39, 0.29) is 41.2 Å². The molecule has 8 nitrogen and oxygen atoms in total. The van der Waals surface area contributed by atoms with Gasteiger partial charge in [0, 0.05) is 32.3 Å². The van der Waals surface area contributed by atoms with E-state index in [1.54, 1.807) is 34.9 Å².